The lowest BCUT2D eigenvalue weighted by atomic mass is 9.99. The van der Waals surface area contributed by atoms with Gasteiger partial charge in [0.1, 0.15) is 24.2 Å². The number of nitrogens with two attached hydrogens (primary N) is 1. The molecule has 0 aliphatic heterocycles. The average Bonchev–Trinajstić information content (AvgIpc) is 3.55. The van der Waals surface area contributed by atoms with Gasteiger partial charge in [-0.1, -0.05) is 43.3 Å². The average molecular weight is 795 g/mol. The fraction of sp³-hybridized carbons (Fsp3) is 0.270. The Hall–Kier alpha value is -6.40. The number of halogens is 7. The van der Waals surface area contributed by atoms with Gasteiger partial charge in [0, 0.05) is 48.7 Å². The van der Waals surface area contributed by atoms with E-state index in [4.69, 9.17) is 35.3 Å². The number of imidazole rings is 1. The smallest absolute Gasteiger partial charge is 0.490 e. The molecule has 0 radical (unpaired) electrons. The highest BCUT2D eigenvalue weighted by Gasteiger charge is 2.39. The Labute approximate surface area is 315 Å². The van der Waals surface area contributed by atoms with Crippen molar-refractivity contribution in [2.45, 2.75) is 45.2 Å². The molecule has 1 amide bonds. The molecule has 300 valence electrons. The van der Waals surface area contributed by atoms with Crippen molar-refractivity contribution in [3.63, 3.8) is 0 Å². The predicted molar refractivity (Wildman–Crippen MR) is 192 cm³/mol. The zero-order chi connectivity index (χ0) is 42.0. The first-order valence-corrected chi connectivity index (χ1v) is 16.5. The molecule has 19 heteroatoms. The van der Waals surface area contributed by atoms with E-state index in [9.17, 15) is 31.1 Å². The van der Waals surface area contributed by atoms with Crippen LogP contribution in [0.1, 0.15) is 36.8 Å². The van der Waals surface area contributed by atoms with E-state index in [1.807, 2.05) is 80.7 Å². The fourth-order valence-electron chi connectivity index (χ4n) is 4.92. The number of ether oxygens (including phenoxy) is 1. The van der Waals surface area contributed by atoms with E-state index in [1.165, 1.54) is 4.90 Å². The molecule has 0 bridgehead atoms. The number of likely N-dealkylation sites (N-methyl/N-ethyl adjacent to an activating group) is 1. The largest absolute Gasteiger partial charge is 0.491 e. The van der Waals surface area contributed by atoms with Gasteiger partial charge < -0.3 is 35.5 Å². The Morgan fingerprint density at radius 3 is 2.07 bits per heavy atom. The number of amides is 1. The number of nitrogens with zero attached hydrogens (tertiary/aromatic N) is 4. The Morgan fingerprint density at radius 1 is 0.929 bits per heavy atom. The topological polar surface area (TPSA) is 173 Å². The van der Waals surface area contributed by atoms with E-state index in [0.29, 0.717) is 35.9 Å². The molecule has 0 fully saturated rings. The quantitative estimate of drug-likeness (QED) is 0.105. The SMILES string of the molecule is CCOc1cc(CC)cc(C(Nc2ccc3c(N)nccc3c2)c2nc(-c3ccccc3)cn2CC(=O)N(C)C)c1F.O=C(O)C(F)(F)F.O=C(O)C(F)(F)F. The molecule has 0 spiro atoms. The molecule has 2 aromatic heterocycles. The molecule has 5 N–H and O–H groups in total. The number of pyridine rings is 1. The third kappa shape index (κ3) is 11.8. The van der Waals surface area contributed by atoms with Gasteiger partial charge in [-0.3, -0.25) is 4.79 Å². The molecule has 0 saturated carbocycles. The van der Waals surface area contributed by atoms with Crippen LogP contribution in [0.4, 0.5) is 42.2 Å². The number of aliphatic carboxylic acids is 2. The standard InChI is InChI=1S/C33H35FN6O2.2C2HF3O2/c1-5-21-16-26(30(34)28(17-21)42-6-2)31(37-24-12-13-25-23(18-24)14-15-36-32(25)35)33-38-27(22-10-8-7-9-11-22)19-40(33)20-29(41)39(3)4;2*3-2(4,5)1(6)7/h7-19,31,37H,5-6,20H2,1-4H3,(H2,35,36);2*(H,6,7). The third-order valence-electron chi connectivity index (χ3n) is 7.68. The number of alkyl halides is 6. The second-order valence-corrected chi connectivity index (χ2v) is 11.9. The molecule has 1 unspecified atom stereocenters. The van der Waals surface area contributed by atoms with E-state index in [0.717, 1.165) is 27.6 Å². The number of hydrogen-bond acceptors (Lipinski definition) is 8. The first-order chi connectivity index (χ1) is 26.2. The highest BCUT2D eigenvalue weighted by Crippen LogP contribution is 2.36. The van der Waals surface area contributed by atoms with Crippen LogP contribution in [0.15, 0.2) is 79.1 Å². The van der Waals surface area contributed by atoms with Crippen LogP contribution in [0.2, 0.25) is 0 Å². The lowest BCUT2D eigenvalue weighted by Crippen LogP contribution is -2.28. The summed E-state index contributed by atoms with van der Waals surface area (Å²) in [5, 5.41) is 19.5. The van der Waals surface area contributed by atoms with Gasteiger partial charge in [-0.25, -0.2) is 23.9 Å². The van der Waals surface area contributed by atoms with E-state index in [-0.39, 0.29) is 18.2 Å². The van der Waals surface area contributed by atoms with Crippen LogP contribution in [-0.4, -0.2) is 80.5 Å². The lowest BCUT2D eigenvalue weighted by Gasteiger charge is -2.24. The van der Waals surface area contributed by atoms with Crippen molar-refractivity contribution in [1.29, 1.82) is 0 Å². The molecule has 12 nitrogen and oxygen atoms in total. The van der Waals surface area contributed by atoms with Gasteiger partial charge >= 0.3 is 24.3 Å². The van der Waals surface area contributed by atoms with Crippen molar-refractivity contribution in [2.24, 2.45) is 0 Å². The van der Waals surface area contributed by atoms with E-state index in [1.54, 1.807) is 30.9 Å². The van der Waals surface area contributed by atoms with Crippen LogP contribution in [0.25, 0.3) is 22.0 Å². The number of carboxylic acids is 2. The summed E-state index contributed by atoms with van der Waals surface area (Å²) >= 11 is 0. The second-order valence-electron chi connectivity index (χ2n) is 11.9. The zero-order valence-electron chi connectivity index (χ0n) is 30.2. The van der Waals surface area contributed by atoms with Gasteiger partial charge in [0.05, 0.1) is 12.3 Å². The van der Waals surface area contributed by atoms with Gasteiger partial charge in [-0.05, 0) is 54.6 Å². The van der Waals surface area contributed by atoms with Crippen LogP contribution in [0, 0.1) is 5.82 Å². The van der Waals surface area contributed by atoms with Gasteiger partial charge in [-0.15, -0.1) is 0 Å². The minimum absolute atomic E-state index is 0.0354. The van der Waals surface area contributed by atoms with Gasteiger partial charge in [-0.2, -0.15) is 26.3 Å². The Kier molecular flexibility index (Phi) is 14.7. The van der Waals surface area contributed by atoms with Crippen LogP contribution in [-0.2, 0) is 27.3 Å². The molecular formula is C37H37F7N6O6. The van der Waals surface area contributed by atoms with Crippen molar-refractivity contribution < 1.29 is 60.1 Å². The molecule has 0 aliphatic carbocycles. The van der Waals surface area contributed by atoms with E-state index >= 15 is 4.39 Å². The van der Waals surface area contributed by atoms with Crippen molar-refractivity contribution in [2.75, 3.05) is 31.8 Å². The van der Waals surface area contributed by atoms with Crippen molar-refractivity contribution >= 4 is 40.1 Å². The molecule has 2 heterocycles. The Bertz CT molecular complexity index is 2120. The van der Waals surface area contributed by atoms with E-state index in [2.05, 4.69) is 10.3 Å². The summed E-state index contributed by atoms with van der Waals surface area (Å²) in [7, 11) is 3.42. The van der Waals surface area contributed by atoms with Crippen LogP contribution < -0.4 is 15.8 Å². The number of hydrogen-bond donors (Lipinski definition) is 4. The normalized spacial score (nSPS) is 11.7. The maximum atomic E-state index is 16.3. The molecular weight excluding hydrogens is 757 g/mol. The summed E-state index contributed by atoms with van der Waals surface area (Å²) in [6.45, 7) is 4.20. The number of rotatable bonds is 10. The molecule has 3 aromatic carbocycles. The first kappa shape index (κ1) is 44.0. The summed E-state index contributed by atoms with van der Waals surface area (Å²) < 4.78 is 87.3. The Morgan fingerprint density at radius 2 is 1.54 bits per heavy atom. The third-order valence-corrected chi connectivity index (χ3v) is 7.68. The molecule has 5 rings (SSSR count). The van der Waals surface area contributed by atoms with Gasteiger partial charge in [0.15, 0.2) is 11.6 Å². The number of aryl methyl sites for hydroxylation is 1. The monoisotopic (exact) mass is 794 g/mol. The predicted octanol–water partition coefficient (Wildman–Crippen LogP) is 7.34. The maximum absolute atomic E-state index is 16.3. The summed E-state index contributed by atoms with van der Waals surface area (Å²) in [6, 6.07) is 20.1. The van der Waals surface area contributed by atoms with Crippen molar-refractivity contribution in [1.82, 2.24) is 19.4 Å². The zero-order valence-corrected chi connectivity index (χ0v) is 30.2. The van der Waals surface area contributed by atoms with E-state index < -0.39 is 36.2 Å². The Balaban J connectivity index is 0.000000512. The number of carboxylic acid groups (broad SMARTS) is 2. The maximum Gasteiger partial charge on any atom is 0.490 e. The summed E-state index contributed by atoms with van der Waals surface area (Å²) in [6.07, 6.45) is -5.98. The van der Waals surface area contributed by atoms with Crippen LogP contribution in [0.3, 0.4) is 0 Å². The number of benzene rings is 3. The van der Waals surface area contributed by atoms with Crippen LogP contribution >= 0.6 is 0 Å². The number of nitrogen functional groups attached to an aromatic ring is 1. The van der Waals surface area contributed by atoms with Crippen molar-refractivity contribution in [3.8, 4) is 17.0 Å². The van der Waals surface area contributed by atoms with Gasteiger partial charge in [0.25, 0.3) is 0 Å². The van der Waals surface area contributed by atoms with Crippen LogP contribution in [0.5, 0.6) is 5.75 Å². The molecule has 56 heavy (non-hydrogen) atoms. The van der Waals surface area contributed by atoms with Gasteiger partial charge in [0.2, 0.25) is 5.91 Å². The number of carbonyl (C=O) groups excluding carboxylic acids is 1. The number of anilines is 2. The number of carbonyl (C=O) groups is 3. The minimum Gasteiger partial charge on any atom is -0.491 e. The number of fused-ring (bicyclic) bond motifs is 1. The lowest BCUT2D eigenvalue weighted by molar-refractivity contribution is -0.193. The first-order valence-electron chi connectivity index (χ1n) is 16.5. The number of aromatic nitrogens is 3. The fourth-order valence-corrected chi connectivity index (χ4v) is 4.92. The number of nitrogens with one attached hydrogen (secondary N) is 1. The molecule has 0 saturated heterocycles. The van der Waals surface area contributed by atoms with Crippen molar-refractivity contribution in [3.05, 3.63) is 102 Å². The summed E-state index contributed by atoms with van der Waals surface area (Å²) in [5.41, 5.74) is 9.68. The molecule has 0 aliphatic rings. The summed E-state index contributed by atoms with van der Waals surface area (Å²) in [5.74, 6) is -4.99. The molecule has 1 atom stereocenters. The summed E-state index contributed by atoms with van der Waals surface area (Å²) in [4.78, 5) is 41.5. The highest BCUT2D eigenvalue weighted by molar-refractivity contribution is 5.93. The minimum atomic E-state index is -5.08. The molecule has 5 aromatic rings. The second kappa shape index (κ2) is 18.8. The highest BCUT2D eigenvalue weighted by atomic mass is 19.4.